The molecule has 2 aliphatic heterocycles. The second kappa shape index (κ2) is 11.4. The topological polar surface area (TPSA) is 55.4 Å². The smallest absolute Gasteiger partial charge is 0.241 e. The van der Waals surface area contributed by atoms with Crippen molar-refractivity contribution in [2.75, 3.05) is 14.2 Å². The van der Waals surface area contributed by atoms with Gasteiger partial charge in [0.15, 0.2) is 12.6 Å². The molecule has 192 valence electrons. The molecule has 2 aliphatic rings. The van der Waals surface area contributed by atoms with Crippen LogP contribution in [0.15, 0.2) is 22.7 Å². The van der Waals surface area contributed by atoms with E-state index in [0.717, 1.165) is 41.9 Å². The van der Waals surface area contributed by atoms with Crippen LogP contribution in [0, 0.1) is 11.8 Å². The predicted molar refractivity (Wildman–Crippen MR) is 138 cm³/mol. The monoisotopic (exact) mass is 500 g/mol. The number of rotatable bonds is 10. The molecule has 33 heavy (non-hydrogen) atoms. The first-order chi connectivity index (χ1) is 15.2. The second-order valence-corrected chi connectivity index (χ2v) is 20.4. The minimum atomic E-state index is -1.73. The summed E-state index contributed by atoms with van der Waals surface area (Å²) >= 11 is 0. The van der Waals surface area contributed by atoms with Crippen LogP contribution in [-0.2, 0) is 27.8 Å². The molecule has 0 unspecified atom stereocenters. The van der Waals surface area contributed by atoms with Crippen molar-refractivity contribution in [3.63, 3.8) is 0 Å². The largest absolute Gasteiger partial charge is 0.547 e. The maximum atomic E-state index is 6.48. The zero-order chi connectivity index (χ0) is 25.1. The van der Waals surface area contributed by atoms with Gasteiger partial charge in [0.25, 0.3) is 0 Å². The van der Waals surface area contributed by atoms with Gasteiger partial charge in [0.1, 0.15) is 0 Å². The molecule has 8 heteroatoms. The molecule has 0 aromatic heterocycles. The Bertz CT molecular complexity index is 661. The SMILES string of the molecule is CO[C@@H]1O[C@H](CCC[C@H]2O[C@@H](OC)C(C)=C(O[Si](C)(C)C)[C@H]2C)[C@H](C)C(O[Si](C)(C)C)=C1C. The van der Waals surface area contributed by atoms with Crippen LogP contribution in [0.1, 0.15) is 47.0 Å². The van der Waals surface area contributed by atoms with E-state index in [1.807, 2.05) is 0 Å². The number of ether oxygens (including phenoxy) is 4. The summed E-state index contributed by atoms with van der Waals surface area (Å²) in [6, 6.07) is 0. The van der Waals surface area contributed by atoms with Crippen molar-refractivity contribution in [3.05, 3.63) is 22.7 Å². The molecule has 0 spiro atoms. The Hall–Kier alpha value is -0.646. The molecule has 0 radical (unpaired) electrons. The first-order valence-electron chi connectivity index (χ1n) is 12.3. The number of hydrogen-bond donors (Lipinski definition) is 0. The molecule has 0 aromatic carbocycles. The molecular weight excluding hydrogens is 452 g/mol. The van der Waals surface area contributed by atoms with Gasteiger partial charge in [-0.1, -0.05) is 13.8 Å². The van der Waals surface area contributed by atoms with Crippen molar-refractivity contribution in [1.82, 2.24) is 0 Å². The van der Waals surface area contributed by atoms with Crippen molar-refractivity contribution in [1.29, 1.82) is 0 Å². The van der Waals surface area contributed by atoms with E-state index in [9.17, 15) is 0 Å². The third-order valence-electron chi connectivity index (χ3n) is 6.26. The Balaban J connectivity index is 2.08. The van der Waals surface area contributed by atoms with Gasteiger partial charge in [0.05, 0.1) is 23.7 Å². The highest BCUT2D eigenvalue weighted by Crippen LogP contribution is 2.38. The Kier molecular flexibility index (Phi) is 9.87. The number of methoxy groups -OCH3 is 2. The fourth-order valence-electron chi connectivity index (χ4n) is 4.67. The molecule has 0 saturated carbocycles. The molecule has 0 bridgehead atoms. The van der Waals surface area contributed by atoms with E-state index in [-0.39, 0.29) is 36.6 Å². The van der Waals surface area contributed by atoms with Crippen LogP contribution >= 0.6 is 0 Å². The molecule has 2 heterocycles. The predicted octanol–water partition coefficient (Wildman–Crippen LogP) is 6.42. The summed E-state index contributed by atoms with van der Waals surface area (Å²) in [6.07, 6.45) is 2.24. The van der Waals surface area contributed by atoms with E-state index in [1.54, 1.807) is 14.2 Å². The van der Waals surface area contributed by atoms with Gasteiger partial charge in [-0.3, -0.25) is 0 Å². The normalized spacial score (nSPS) is 31.8. The molecule has 0 N–H and O–H groups in total. The van der Waals surface area contributed by atoms with Crippen LogP contribution < -0.4 is 0 Å². The summed E-state index contributed by atoms with van der Waals surface area (Å²) in [5.74, 6) is 2.52. The Morgan fingerprint density at radius 3 is 1.27 bits per heavy atom. The van der Waals surface area contributed by atoms with Gasteiger partial charge in [-0.25, -0.2) is 0 Å². The van der Waals surface area contributed by atoms with Gasteiger partial charge in [0, 0.05) is 37.2 Å². The summed E-state index contributed by atoms with van der Waals surface area (Å²) < 4.78 is 36.9. The maximum Gasteiger partial charge on any atom is 0.241 e. The summed E-state index contributed by atoms with van der Waals surface area (Å²) in [4.78, 5) is 0. The minimum absolute atomic E-state index is 0.0529. The van der Waals surface area contributed by atoms with Crippen LogP contribution in [0.4, 0.5) is 0 Å². The van der Waals surface area contributed by atoms with E-state index in [1.165, 1.54) is 0 Å². The van der Waals surface area contributed by atoms with Crippen molar-refractivity contribution >= 4 is 16.6 Å². The van der Waals surface area contributed by atoms with Crippen LogP contribution in [0.3, 0.4) is 0 Å². The Morgan fingerprint density at radius 2 is 1.00 bits per heavy atom. The summed E-state index contributed by atoms with van der Waals surface area (Å²) in [5.41, 5.74) is 2.12. The maximum absolute atomic E-state index is 6.48. The quantitative estimate of drug-likeness (QED) is 0.323. The van der Waals surface area contributed by atoms with E-state index in [0.29, 0.717) is 0 Å². The lowest BCUT2D eigenvalue weighted by atomic mass is 9.89. The average molecular weight is 501 g/mol. The lowest BCUT2D eigenvalue weighted by Gasteiger charge is -2.40. The lowest BCUT2D eigenvalue weighted by molar-refractivity contribution is -0.168. The molecule has 0 aliphatic carbocycles. The second-order valence-electron chi connectivity index (χ2n) is 11.5. The molecule has 6 nitrogen and oxygen atoms in total. The zero-order valence-electron chi connectivity index (χ0n) is 23.0. The molecular formula is C25H48O6Si2. The molecule has 2 rings (SSSR count). The third-order valence-corrected chi connectivity index (χ3v) is 7.93. The molecule has 6 atom stereocenters. The van der Waals surface area contributed by atoms with Gasteiger partial charge in [-0.15, -0.1) is 0 Å². The molecule has 0 amide bonds. The van der Waals surface area contributed by atoms with Crippen LogP contribution in [0.2, 0.25) is 39.3 Å². The highest BCUT2D eigenvalue weighted by Gasteiger charge is 2.39. The first kappa shape index (κ1) is 28.6. The molecule has 0 saturated heterocycles. The Morgan fingerprint density at radius 1 is 0.667 bits per heavy atom. The van der Waals surface area contributed by atoms with Gasteiger partial charge in [-0.05, 0) is 72.4 Å². The summed E-state index contributed by atoms with van der Waals surface area (Å²) in [6.45, 7) is 21.9. The van der Waals surface area contributed by atoms with Gasteiger partial charge in [-0.2, -0.15) is 0 Å². The van der Waals surface area contributed by atoms with Crippen LogP contribution in [0.5, 0.6) is 0 Å². The number of hydrogen-bond acceptors (Lipinski definition) is 6. The van der Waals surface area contributed by atoms with Gasteiger partial charge in [0.2, 0.25) is 16.6 Å². The van der Waals surface area contributed by atoms with E-state index in [4.69, 9.17) is 27.8 Å². The third kappa shape index (κ3) is 7.67. The minimum Gasteiger partial charge on any atom is -0.547 e. The lowest BCUT2D eigenvalue weighted by Crippen LogP contribution is -2.41. The van der Waals surface area contributed by atoms with E-state index >= 15 is 0 Å². The Labute approximate surface area is 204 Å². The van der Waals surface area contributed by atoms with E-state index in [2.05, 4.69) is 67.0 Å². The highest BCUT2D eigenvalue weighted by atomic mass is 28.4. The van der Waals surface area contributed by atoms with Crippen molar-refractivity contribution in [3.8, 4) is 0 Å². The van der Waals surface area contributed by atoms with Crippen LogP contribution in [0.25, 0.3) is 0 Å². The summed E-state index contributed by atoms with van der Waals surface area (Å²) in [5, 5.41) is 0. The van der Waals surface area contributed by atoms with Crippen LogP contribution in [-0.4, -0.2) is 55.6 Å². The molecule has 0 aromatic rings. The fourth-order valence-corrected chi connectivity index (χ4v) is 6.69. The zero-order valence-corrected chi connectivity index (χ0v) is 25.0. The molecule has 0 fully saturated rings. The van der Waals surface area contributed by atoms with Gasteiger partial charge >= 0.3 is 0 Å². The highest BCUT2D eigenvalue weighted by molar-refractivity contribution is 6.70. The standard InChI is InChI=1S/C25H48O6Si2/c1-16-20(28-24(26-5)18(3)22(16)30-32(7,8)9)14-13-15-21-17(2)23(31-33(10,11)12)19(4)25(27-6)29-21/h16-17,20-21,24-25H,13-15H2,1-12H3/t16-,17-,20+,21+,24+,25+/m0/s1. The average Bonchev–Trinajstić information content (AvgIpc) is 2.70. The van der Waals surface area contributed by atoms with E-state index < -0.39 is 16.6 Å². The van der Waals surface area contributed by atoms with Crippen molar-refractivity contribution < 1.29 is 27.8 Å². The van der Waals surface area contributed by atoms with Crippen molar-refractivity contribution in [2.45, 2.75) is 111 Å². The van der Waals surface area contributed by atoms with Crippen molar-refractivity contribution in [2.24, 2.45) is 11.8 Å². The fraction of sp³-hybridized carbons (Fsp3) is 0.840. The summed E-state index contributed by atoms with van der Waals surface area (Å²) in [7, 11) is -0.0659. The first-order valence-corrected chi connectivity index (χ1v) is 19.2. The van der Waals surface area contributed by atoms with Gasteiger partial charge < -0.3 is 27.8 Å².